The van der Waals surface area contributed by atoms with Gasteiger partial charge in [-0.05, 0) is 13.8 Å². The number of rotatable bonds is 5. The van der Waals surface area contributed by atoms with Crippen molar-refractivity contribution in [2.75, 3.05) is 53.9 Å². The molecule has 6 heterocycles. The molecule has 0 aromatic carbocycles. The number of hydrogen-bond acceptors (Lipinski definition) is 12. The summed E-state index contributed by atoms with van der Waals surface area (Å²) in [6, 6.07) is -1.12. The first-order valence-electron chi connectivity index (χ1n) is 12.5. The Morgan fingerprint density at radius 3 is 2.03 bits per heavy atom. The van der Waals surface area contributed by atoms with E-state index in [9.17, 15) is 10.2 Å². The number of fused-ring (bicyclic) bond motifs is 6. The van der Waals surface area contributed by atoms with Crippen LogP contribution in [0.3, 0.4) is 0 Å². The molecule has 37 heavy (non-hydrogen) atoms. The van der Waals surface area contributed by atoms with Crippen LogP contribution < -0.4 is 0 Å². The Labute approximate surface area is 219 Å². The maximum absolute atomic E-state index is 9.68. The second-order valence-electron chi connectivity index (χ2n) is 10.6. The molecule has 14 heteroatoms. The zero-order valence-corrected chi connectivity index (χ0v) is 21.7. The van der Waals surface area contributed by atoms with Crippen molar-refractivity contribution in [3.05, 3.63) is 0 Å². The van der Waals surface area contributed by atoms with E-state index < -0.39 is 47.1 Å². The number of ether oxygens (including phenoxy) is 8. The predicted octanol–water partition coefficient (Wildman–Crippen LogP) is -3.16. The van der Waals surface area contributed by atoms with Crippen LogP contribution in [0.5, 0.6) is 0 Å². The minimum Gasteiger partial charge on any atom is -0.393 e. The fraction of sp³-hybridized carbons (Fsp3) is 1.00. The first-order valence-corrected chi connectivity index (χ1v) is 12.5. The van der Waals surface area contributed by atoms with E-state index in [-0.39, 0.29) is 56.8 Å². The summed E-state index contributed by atoms with van der Waals surface area (Å²) in [5.41, 5.74) is -2.33. The molecule has 4 radical (unpaired) electrons. The topological polar surface area (TPSA) is 155 Å². The maximum Gasteiger partial charge on any atom is 0.146 e. The van der Waals surface area contributed by atoms with Gasteiger partial charge in [0.05, 0.1) is 58.0 Å². The minimum atomic E-state index is -0.970. The van der Waals surface area contributed by atoms with E-state index in [1.807, 2.05) is 13.8 Å². The number of hydrogen-bond donors (Lipinski definition) is 4. The van der Waals surface area contributed by atoms with E-state index in [4.69, 9.17) is 63.8 Å². The molecule has 6 aliphatic rings. The van der Waals surface area contributed by atoms with E-state index >= 15 is 0 Å². The van der Waals surface area contributed by atoms with Crippen LogP contribution >= 0.6 is 0 Å². The summed E-state index contributed by atoms with van der Waals surface area (Å²) < 4.78 is 43.1. The van der Waals surface area contributed by atoms with Gasteiger partial charge in [-0.25, -0.2) is 0 Å². The van der Waals surface area contributed by atoms with Crippen LogP contribution in [0, 0.1) is 5.92 Å². The lowest BCUT2D eigenvalue weighted by molar-refractivity contribution is -0.194. The monoisotopic (exact) mass is 528 g/mol. The van der Waals surface area contributed by atoms with Gasteiger partial charge in [-0.2, -0.15) is 0 Å². The Morgan fingerprint density at radius 2 is 1.54 bits per heavy atom. The Kier molecular flexibility index (Phi) is 9.02. The summed E-state index contributed by atoms with van der Waals surface area (Å²) in [5, 5.41) is 37.1. The van der Waals surface area contributed by atoms with Crippen molar-refractivity contribution in [2.24, 2.45) is 5.92 Å². The van der Waals surface area contributed by atoms with Gasteiger partial charge in [0.15, 0.2) is 0 Å². The highest BCUT2D eigenvalue weighted by Crippen LogP contribution is 2.45. The molecule has 0 spiro atoms. The molecule has 4 N–H and O–H groups in total. The molecule has 208 valence electrons. The quantitative estimate of drug-likeness (QED) is 0.267. The lowest BCUT2D eigenvalue weighted by Gasteiger charge is -2.34. The Balaban J connectivity index is 0.000000131. The molecular weight excluding hydrogens is 490 g/mol. The lowest BCUT2D eigenvalue weighted by atomic mass is 9.81. The third kappa shape index (κ3) is 4.81. The summed E-state index contributed by atoms with van der Waals surface area (Å²) in [5.74, 6) is -0.203. The van der Waals surface area contributed by atoms with Crippen LogP contribution in [-0.4, -0.2) is 162 Å². The normalized spacial score (nSPS) is 53.0. The second-order valence-corrected chi connectivity index (χ2v) is 10.6. The predicted molar refractivity (Wildman–Crippen MR) is 127 cm³/mol. The van der Waals surface area contributed by atoms with E-state index in [1.54, 1.807) is 14.2 Å². The molecule has 6 fully saturated rings. The van der Waals surface area contributed by atoms with Gasteiger partial charge in [-0.1, -0.05) is 0 Å². The summed E-state index contributed by atoms with van der Waals surface area (Å²) in [4.78, 5) is 0. The zero-order chi connectivity index (χ0) is 27.2. The van der Waals surface area contributed by atoms with Gasteiger partial charge in [-0.15, -0.1) is 0 Å². The zero-order valence-electron chi connectivity index (χ0n) is 21.7. The van der Waals surface area contributed by atoms with Crippen molar-refractivity contribution in [1.29, 1.82) is 0 Å². The SMILES string of the molecule is COC[C@]12O[C@@H](C)[C@H](OC1C)C2OC.[B][C@@H]1O[C@@]2(CO)COC1[C@H]2O.[B][C@@H]1O[C@@]2(CO)COCC1[C@H]2O. The number of methoxy groups -OCH3 is 2. The first kappa shape index (κ1) is 29.6. The van der Waals surface area contributed by atoms with Crippen LogP contribution in [0.25, 0.3) is 0 Å². The highest BCUT2D eigenvalue weighted by molar-refractivity contribution is 6.12. The summed E-state index contributed by atoms with van der Waals surface area (Å²) in [6.07, 6.45) is -1.80. The number of aliphatic hydroxyl groups is 4. The van der Waals surface area contributed by atoms with Crippen molar-refractivity contribution < 1.29 is 58.3 Å². The maximum atomic E-state index is 9.68. The van der Waals surface area contributed by atoms with E-state index in [0.29, 0.717) is 13.2 Å². The van der Waals surface area contributed by atoms with Crippen LogP contribution in [0.2, 0.25) is 0 Å². The molecule has 6 saturated heterocycles. The summed E-state index contributed by atoms with van der Waals surface area (Å²) >= 11 is 0. The third-order valence-corrected chi connectivity index (χ3v) is 8.32. The van der Waals surface area contributed by atoms with Crippen molar-refractivity contribution in [2.45, 2.75) is 85.4 Å². The van der Waals surface area contributed by atoms with Gasteiger partial charge in [0.25, 0.3) is 0 Å². The summed E-state index contributed by atoms with van der Waals surface area (Å²) in [6.45, 7) is 4.89. The van der Waals surface area contributed by atoms with Gasteiger partial charge >= 0.3 is 0 Å². The van der Waals surface area contributed by atoms with Crippen LogP contribution in [0.15, 0.2) is 0 Å². The fourth-order valence-electron chi connectivity index (χ4n) is 6.11. The van der Waals surface area contributed by atoms with E-state index in [2.05, 4.69) is 0 Å². The standard InChI is InChI=1S/C10H18O4.C7H11BO4.C6H9BO4/c1-6-8-9(12-4)10(14-6,5-11-3)7(2)13-8;8-6-4-1-11-3-7(2-9,12-6)5(4)10;7-5-3-4(9)6(1-8,11-5)2-10-3/h6-9H,5H2,1-4H3;4-6,9-10H,1-3H2;3-5,8-9H,1-2H2/t6-,7?,8-,9?,10-;4?,5-,6-,7+;3?,4-,5-,6+/m011/s1. The third-order valence-electron chi connectivity index (χ3n) is 8.32. The average molecular weight is 528 g/mol. The second kappa shape index (κ2) is 11.3. The molecule has 6 aliphatic heterocycles. The highest BCUT2D eigenvalue weighted by atomic mass is 16.7. The molecule has 12 nitrogen and oxygen atoms in total. The average Bonchev–Trinajstić information content (AvgIpc) is 3.53. The number of aliphatic hydroxyl groups excluding tert-OH is 4. The van der Waals surface area contributed by atoms with Gasteiger partial charge in [-0.3, -0.25) is 0 Å². The molecule has 0 saturated carbocycles. The van der Waals surface area contributed by atoms with Crippen molar-refractivity contribution in [3.8, 4) is 0 Å². The van der Waals surface area contributed by atoms with Gasteiger partial charge < -0.3 is 58.3 Å². The Morgan fingerprint density at radius 1 is 0.892 bits per heavy atom. The molecule has 6 bridgehead atoms. The smallest absolute Gasteiger partial charge is 0.146 e. The Hall–Kier alpha value is -0.350. The van der Waals surface area contributed by atoms with Gasteiger partial charge in [0.1, 0.15) is 56.9 Å². The van der Waals surface area contributed by atoms with Crippen LogP contribution in [0.1, 0.15) is 13.8 Å². The first-order chi connectivity index (χ1) is 17.5. The largest absolute Gasteiger partial charge is 0.393 e. The van der Waals surface area contributed by atoms with E-state index in [0.717, 1.165) is 0 Å². The molecule has 0 aliphatic carbocycles. The van der Waals surface area contributed by atoms with Gasteiger partial charge in [0.2, 0.25) is 0 Å². The fourth-order valence-corrected chi connectivity index (χ4v) is 6.11. The molecule has 0 amide bonds. The molecule has 4 unspecified atom stereocenters. The molecule has 6 rings (SSSR count). The summed E-state index contributed by atoms with van der Waals surface area (Å²) in [7, 11) is 14.4. The molecule has 13 atom stereocenters. The van der Waals surface area contributed by atoms with E-state index in [1.165, 1.54) is 0 Å². The van der Waals surface area contributed by atoms with Crippen LogP contribution in [-0.2, 0) is 37.9 Å². The highest BCUT2D eigenvalue weighted by Gasteiger charge is 2.64. The van der Waals surface area contributed by atoms with Crippen molar-refractivity contribution in [1.82, 2.24) is 0 Å². The molecule has 0 aromatic heterocycles. The van der Waals surface area contributed by atoms with Crippen molar-refractivity contribution in [3.63, 3.8) is 0 Å². The minimum absolute atomic E-state index is 0.00699. The Bertz CT molecular complexity index is 782. The van der Waals surface area contributed by atoms with Crippen molar-refractivity contribution >= 4 is 15.7 Å². The molecular formula is C23H38B2O12. The lowest BCUT2D eigenvalue weighted by Crippen LogP contribution is -2.52. The molecule has 0 aromatic rings. The van der Waals surface area contributed by atoms with Crippen LogP contribution in [0.4, 0.5) is 0 Å². The van der Waals surface area contributed by atoms with Gasteiger partial charge in [0, 0.05) is 32.1 Å².